The Hall–Kier alpha value is -2.87. The van der Waals surface area contributed by atoms with Gasteiger partial charge in [-0.25, -0.2) is 4.98 Å². The molecule has 0 aliphatic rings. The number of thiazole rings is 1. The number of nitrogens with one attached hydrogen (secondary N) is 1. The van der Waals surface area contributed by atoms with Gasteiger partial charge in [-0.1, -0.05) is 47.6 Å². The van der Waals surface area contributed by atoms with Crippen molar-refractivity contribution >= 4 is 62.5 Å². The Balaban J connectivity index is 1.31. The first-order valence-corrected chi connectivity index (χ1v) is 11.1. The van der Waals surface area contributed by atoms with Crippen LogP contribution < -0.4 is 10.1 Å². The highest BCUT2D eigenvalue weighted by Crippen LogP contribution is 2.29. The molecule has 1 N–H and O–H groups in total. The number of carbonyl (C=O) groups excluding carboxylic acids is 2. The second-order valence-corrected chi connectivity index (χ2v) is 8.83. The topological polar surface area (TPSA) is 68.3 Å². The molecule has 8 heteroatoms. The third-order valence-corrected chi connectivity index (χ3v) is 6.53. The van der Waals surface area contributed by atoms with E-state index in [1.54, 1.807) is 59.9 Å². The van der Waals surface area contributed by atoms with Gasteiger partial charge >= 0.3 is 5.97 Å². The van der Waals surface area contributed by atoms with Crippen LogP contribution >= 0.6 is 34.7 Å². The number of hydrogen-bond donors (Lipinski definition) is 1. The SMILES string of the molecule is O=C(CSc1nc2ccccc2s1)Oc1ccc(NC(=O)c2ccccc2Cl)cc1. The second-order valence-electron chi connectivity index (χ2n) is 6.17. The van der Waals surface area contributed by atoms with Crippen molar-refractivity contribution in [3.8, 4) is 5.75 Å². The number of hydrogen-bond acceptors (Lipinski definition) is 6. The zero-order chi connectivity index (χ0) is 20.9. The molecule has 1 aromatic heterocycles. The van der Waals surface area contributed by atoms with Crippen LogP contribution in [0.3, 0.4) is 0 Å². The Labute approximate surface area is 186 Å². The van der Waals surface area contributed by atoms with Crippen molar-refractivity contribution in [2.24, 2.45) is 0 Å². The zero-order valence-corrected chi connectivity index (χ0v) is 17.9. The van der Waals surface area contributed by atoms with E-state index < -0.39 is 0 Å². The number of amides is 1. The molecule has 0 aliphatic carbocycles. The van der Waals surface area contributed by atoms with Crippen molar-refractivity contribution in [3.05, 3.63) is 83.4 Å². The van der Waals surface area contributed by atoms with Crippen LogP contribution in [0.4, 0.5) is 5.69 Å². The number of fused-ring (bicyclic) bond motifs is 1. The molecule has 3 aromatic carbocycles. The highest BCUT2D eigenvalue weighted by Gasteiger charge is 2.12. The summed E-state index contributed by atoms with van der Waals surface area (Å²) >= 11 is 8.93. The first kappa shape index (κ1) is 20.4. The van der Waals surface area contributed by atoms with Crippen LogP contribution in [0.25, 0.3) is 10.2 Å². The van der Waals surface area contributed by atoms with Gasteiger partial charge in [-0.3, -0.25) is 9.59 Å². The van der Waals surface area contributed by atoms with Gasteiger partial charge in [0.25, 0.3) is 5.91 Å². The van der Waals surface area contributed by atoms with Gasteiger partial charge in [-0.15, -0.1) is 11.3 Å². The summed E-state index contributed by atoms with van der Waals surface area (Å²) in [7, 11) is 0. The summed E-state index contributed by atoms with van der Waals surface area (Å²) in [6.45, 7) is 0. The molecule has 1 amide bonds. The van der Waals surface area contributed by atoms with Gasteiger partial charge in [0.1, 0.15) is 5.75 Å². The summed E-state index contributed by atoms with van der Waals surface area (Å²) in [6, 6.07) is 21.2. The van der Waals surface area contributed by atoms with E-state index in [2.05, 4.69) is 10.3 Å². The maximum atomic E-state index is 12.3. The van der Waals surface area contributed by atoms with Gasteiger partial charge in [0.15, 0.2) is 4.34 Å². The molecule has 150 valence electrons. The lowest BCUT2D eigenvalue weighted by Crippen LogP contribution is -2.13. The second kappa shape index (κ2) is 9.30. The molecule has 0 saturated carbocycles. The van der Waals surface area contributed by atoms with E-state index in [-0.39, 0.29) is 17.6 Å². The third-order valence-electron chi connectivity index (χ3n) is 4.05. The number of ether oxygens (including phenoxy) is 1. The predicted molar refractivity (Wildman–Crippen MR) is 122 cm³/mol. The van der Waals surface area contributed by atoms with Crippen LogP contribution in [-0.4, -0.2) is 22.6 Å². The van der Waals surface area contributed by atoms with E-state index in [1.807, 2.05) is 24.3 Å². The van der Waals surface area contributed by atoms with Gasteiger partial charge in [0.05, 0.1) is 26.6 Å². The summed E-state index contributed by atoms with van der Waals surface area (Å²) in [5, 5.41) is 3.14. The molecule has 0 fully saturated rings. The number of benzene rings is 3. The summed E-state index contributed by atoms with van der Waals surface area (Å²) in [5.41, 5.74) is 1.89. The minimum absolute atomic E-state index is 0.158. The first-order chi connectivity index (χ1) is 14.6. The molecule has 0 unspecified atom stereocenters. The maximum absolute atomic E-state index is 12.3. The van der Waals surface area contributed by atoms with Gasteiger partial charge in [-0.2, -0.15) is 0 Å². The molecule has 5 nitrogen and oxygen atoms in total. The van der Waals surface area contributed by atoms with E-state index in [0.717, 1.165) is 14.6 Å². The number of aromatic nitrogens is 1. The normalized spacial score (nSPS) is 10.7. The van der Waals surface area contributed by atoms with E-state index in [4.69, 9.17) is 16.3 Å². The Morgan fingerprint density at radius 1 is 1.00 bits per heavy atom. The van der Waals surface area contributed by atoms with Crippen molar-refractivity contribution in [1.82, 2.24) is 4.98 Å². The number of nitrogens with zero attached hydrogens (tertiary/aromatic N) is 1. The molecule has 0 bridgehead atoms. The maximum Gasteiger partial charge on any atom is 0.321 e. The number of carbonyl (C=O) groups is 2. The molecule has 0 aliphatic heterocycles. The average Bonchev–Trinajstić information content (AvgIpc) is 3.17. The summed E-state index contributed by atoms with van der Waals surface area (Å²) in [6.07, 6.45) is 0. The fourth-order valence-corrected chi connectivity index (χ4v) is 4.71. The number of esters is 1. The molecule has 0 atom stereocenters. The minimum Gasteiger partial charge on any atom is -0.426 e. The van der Waals surface area contributed by atoms with Crippen LogP contribution in [0.15, 0.2) is 77.1 Å². The molecule has 4 aromatic rings. The lowest BCUT2D eigenvalue weighted by molar-refractivity contribution is -0.131. The monoisotopic (exact) mass is 454 g/mol. The van der Waals surface area contributed by atoms with E-state index in [9.17, 15) is 9.59 Å². The predicted octanol–water partition coefficient (Wildman–Crippen LogP) is 5.90. The van der Waals surface area contributed by atoms with Gasteiger partial charge < -0.3 is 10.1 Å². The largest absolute Gasteiger partial charge is 0.426 e. The molecule has 30 heavy (non-hydrogen) atoms. The van der Waals surface area contributed by atoms with Crippen molar-refractivity contribution in [3.63, 3.8) is 0 Å². The Morgan fingerprint density at radius 3 is 2.50 bits per heavy atom. The fraction of sp³-hybridized carbons (Fsp3) is 0.0455. The summed E-state index contributed by atoms with van der Waals surface area (Å²) < 4.78 is 7.27. The average molecular weight is 455 g/mol. The Morgan fingerprint density at radius 2 is 1.73 bits per heavy atom. The standard InChI is InChI=1S/C22H15ClN2O3S2/c23-17-6-2-1-5-16(17)21(27)24-14-9-11-15(12-10-14)28-20(26)13-29-22-25-18-7-3-4-8-19(18)30-22/h1-12H,13H2,(H,24,27). The van der Waals surface area contributed by atoms with Crippen molar-refractivity contribution in [1.29, 1.82) is 0 Å². The quantitative estimate of drug-likeness (QED) is 0.223. The zero-order valence-electron chi connectivity index (χ0n) is 15.5. The van der Waals surface area contributed by atoms with Crippen LogP contribution in [-0.2, 0) is 4.79 Å². The van der Waals surface area contributed by atoms with Crippen LogP contribution in [0, 0.1) is 0 Å². The van der Waals surface area contributed by atoms with Crippen LogP contribution in [0.5, 0.6) is 5.75 Å². The molecular weight excluding hydrogens is 440 g/mol. The number of rotatable bonds is 6. The van der Waals surface area contributed by atoms with E-state index in [0.29, 0.717) is 22.0 Å². The van der Waals surface area contributed by atoms with Crippen LogP contribution in [0.2, 0.25) is 5.02 Å². The first-order valence-electron chi connectivity index (χ1n) is 8.93. The lowest BCUT2D eigenvalue weighted by atomic mass is 10.2. The van der Waals surface area contributed by atoms with Gasteiger partial charge in [-0.05, 0) is 48.5 Å². The molecule has 1 heterocycles. The van der Waals surface area contributed by atoms with Crippen molar-refractivity contribution in [2.45, 2.75) is 4.34 Å². The molecule has 4 rings (SSSR count). The van der Waals surface area contributed by atoms with Crippen LogP contribution in [0.1, 0.15) is 10.4 Å². The van der Waals surface area contributed by atoms with Crippen molar-refractivity contribution < 1.29 is 14.3 Å². The van der Waals surface area contributed by atoms with Gasteiger partial charge in [0, 0.05) is 5.69 Å². The highest BCUT2D eigenvalue weighted by molar-refractivity contribution is 8.01. The lowest BCUT2D eigenvalue weighted by Gasteiger charge is -2.08. The Bertz CT molecular complexity index is 1180. The highest BCUT2D eigenvalue weighted by atomic mass is 35.5. The smallest absolute Gasteiger partial charge is 0.321 e. The summed E-state index contributed by atoms with van der Waals surface area (Å²) in [4.78, 5) is 28.9. The summed E-state index contributed by atoms with van der Waals surface area (Å²) in [5.74, 6) is -0.115. The minimum atomic E-state index is -0.368. The van der Waals surface area contributed by atoms with Gasteiger partial charge in [0.2, 0.25) is 0 Å². The number of thioether (sulfide) groups is 1. The fourth-order valence-electron chi connectivity index (χ4n) is 2.64. The molecular formula is C22H15ClN2O3S2. The van der Waals surface area contributed by atoms with E-state index >= 15 is 0 Å². The molecule has 0 spiro atoms. The third kappa shape index (κ3) is 4.99. The number of anilines is 1. The van der Waals surface area contributed by atoms with E-state index in [1.165, 1.54) is 11.8 Å². The van der Waals surface area contributed by atoms with Crippen molar-refractivity contribution in [2.75, 3.05) is 11.1 Å². The number of para-hydroxylation sites is 1. The Kier molecular flexibility index (Phi) is 6.32. The molecule has 0 radical (unpaired) electrons. The molecule has 0 saturated heterocycles. The number of halogens is 1.